The lowest BCUT2D eigenvalue weighted by Gasteiger charge is -2.35. The van der Waals surface area contributed by atoms with Gasteiger partial charge in [-0.05, 0) is 51.0 Å². The Morgan fingerprint density at radius 1 is 1.03 bits per heavy atom. The fourth-order valence-electron chi connectivity index (χ4n) is 5.77. The molecule has 2 amide bonds. The molecule has 5 N–H and O–H groups in total. The number of nitrogens with zero attached hydrogens (tertiary/aromatic N) is 3. The quantitative estimate of drug-likeness (QED) is 0.286. The molecule has 3 rings (SSSR count). The molecule has 0 unspecified atom stereocenters. The fraction of sp³-hybridized carbons (Fsp3) is 0.833. The van der Waals surface area contributed by atoms with Crippen LogP contribution in [-0.2, 0) is 14.4 Å². The van der Waals surface area contributed by atoms with Crippen LogP contribution in [0.3, 0.4) is 0 Å². The molecule has 0 bridgehead atoms. The summed E-state index contributed by atoms with van der Waals surface area (Å²) in [5, 5.41) is 19.9. The molecule has 0 aromatic heterocycles. The third-order valence-corrected chi connectivity index (χ3v) is 7.84. The highest BCUT2D eigenvalue weighted by molar-refractivity contribution is 5.90. The predicted octanol–water partition coefficient (Wildman–Crippen LogP) is 1.05. The Labute approximate surface area is 202 Å². The summed E-state index contributed by atoms with van der Waals surface area (Å²) >= 11 is 0. The standard InChI is InChI=1S/C24H42N6O4/c1-28(16-21(31)32)20(14-17-6-3-2-4-7-17)23(34)30-11-5-8-19(30)22(33)27-15-18-9-12-29(13-10-18)24(25)26/h17-20H,2-16H2,1H3,(H3,25,26)(H,27,33)(H,31,32)/t19-,20+/m0/s1. The van der Waals surface area contributed by atoms with E-state index in [1.54, 1.807) is 16.8 Å². The number of aliphatic carboxylic acids is 1. The van der Waals surface area contributed by atoms with E-state index < -0.39 is 18.1 Å². The molecule has 34 heavy (non-hydrogen) atoms. The first-order valence-corrected chi connectivity index (χ1v) is 12.9. The maximum absolute atomic E-state index is 13.6. The summed E-state index contributed by atoms with van der Waals surface area (Å²) in [6, 6.07) is -1.000. The minimum Gasteiger partial charge on any atom is -0.480 e. The molecule has 0 radical (unpaired) electrons. The smallest absolute Gasteiger partial charge is 0.317 e. The molecule has 10 nitrogen and oxygen atoms in total. The van der Waals surface area contributed by atoms with Crippen molar-refractivity contribution >= 4 is 23.7 Å². The van der Waals surface area contributed by atoms with Gasteiger partial charge < -0.3 is 26.0 Å². The van der Waals surface area contributed by atoms with Crippen molar-refractivity contribution in [1.29, 1.82) is 5.41 Å². The van der Waals surface area contributed by atoms with Gasteiger partial charge in [0.15, 0.2) is 5.96 Å². The number of rotatable bonds is 9. The second-order valence-electron chi connectivity index (χ2n) is 10.3. The molecule has 2 heterocycles. The molecular weight excluding hydrogens is 436 g/mol. The van der Waals surface area contributed by atoms with Gasteiger partial charge in [0, 0.05) is 26.2 Å². The second-order valence-corrected chi connectivity index (χ2v) is 10.3. The number of carbonyl (C=O) groups excluding carboxylic acids is 2. The zero-order valence-corrected chi connectivity index (χ0v) is 20.5. The van der Waals surface area contributed by atoms with Crippen LogP contribution in [0.5, 0.6) is 0 Å². The number of likely N-dealkylation sites (N-methyl/N-ethyl adjacent to an activating group) is 1. The zero-order valence-electron chi connectivity index (χ0n) is 20.5. The first-order chi connectivity index (χ1) is 16.3. The van der Waals surface area contributed by atoms with Crippen LogP contribution < -0.4 is 11.1 Å². The van der Waals surface area contributed by atoms with Gasteiger partial charge in [-0.1, -0.05) is 32.1 Å². The summed E-state index contributed by atoms with van der Waals surface area (Å²) in [5.41, 5.74) is 5.56. The maximum atomic E-state index is 13.6. The van der Waals surface area contributed by atoms with Crippen molar-refractivity contribution in [2.75, 3.05) is 39.8 Å². The van der Waals surface area contributed by atoms with Crippen LogP contribution in [0.1, 0.15) is 64.2 Å². The lowest BCUT2D eigenvalue weighted by Crippen LogP contribution is -2.54. The summed E-state index contributed by atoms with van der Waals surface area (Å²) in [5.74, 6) is -0.312. The number of hydrogen-bond acceptors (Lipinski definition) is 5. The van der Waals surface area contributed by atoms with Crippen LogP contribution in [-0.4, -0.2) is 95.4 Å². The maximum Gasteiger partial charge on any atom is 0.317 e. The third-order valence-electron chi connectivity index (χ3n) is 7.84. The Hall–Kier alpha value is -2.36. The third kappa shape index (κ3) is 7.07. The van der Waals surface area contributed by atoms with Gasteiger partial charge in [0.25, 0.3) is 0 Å². The first-order valence-electron chi connectivity index (χ1n) is 12.9. The number of likely N-dealkylation sites (tertiary alicyclic amines) is 2. The highest BCUT2D eigenvalue weighted by Crippen LogP contribution is 2.30. The molecule has 1 aliphatic carbocycles. The highest BCUT2D eigenvalue weighted by Gasteiger charge is 2.39. The van der Waals surface area contributed by atoms with Crippen molar-refractivity contribution in [3.8, 4) is 0 Å². The molecular formula is C24H42N6O4. The van der Waals surface area contributed by atoms with Crippen molar-refractivity contribution in [3.05, 3.63) is 0 Å². The number of amides is 2. The SMILES string of the molecule is CN(CC(=O)O)[C@H](CC1CCCCC1)C(=O)N1CCC[C@H]1C(=O)NCC1CCN(C(=N)N)CC1. The molecule has 0 aromatic rings. The second kappa shape index (κ2) is 12.4. The lowest BCUT2D eigenvalue weighted by molar-refractivity contribution is -0.145. The van der Waals surface area contributed by atoms with Gasteiger partial charge in [-0.25, -0.2) is 0 Å². The number of guanidine groups is 1. The number of nitrogens with one attached hydrogen (secondary N) is 2. The Bertz CT molecular complexity index is 733. The van der Waals surface area contributed by atoms with Crippen molar-refractivity contribution < 1.29 is 19.5 Å². The van der Waals surface area contributed by atoms with Gasteiger partial charge in [-0.15, -0.1) is 0 Å². The van der Waals surface area contributed by atoms with Gasteiger partial charge in [0.1, 0.15) is 6.04 Å². The molecule has 1 saturated carbocycles. The molecule has 2 aliphatic heterocycles. The summed E-state index contributed by atoms with van der Waals surface area (Å²) < 4.78 is 0. The van der Waals surface area contributed by atoms with E-state index in [0.717, 1.165) is 58.0 Å². The summed E-state index contributed by atoms with van der Waals surface area (Å²) in [4.78, 5) is 43.2. The van der Waals surface area contributed by atoms with Crippen LogP contribution >= 0.6 is 0 Å². The Kier molecular flexibility index (Phi) is 9.55. The van der Waals surface area contributed by atoms with Crippen LogP contribution in [0.25, 0.3) is 0 Å². The molecule has 3 aliphatic rings. The van der Waals surface area contributed by atoms with E-state index in [1.807, 2.05) is 4.90 Å². The van der Waals surface area contributed by atoms with E-state index in [-0.39, 0.29) is 24.3 Å². The number of carboxylic acids is 1. The van der Waals surface area contributed by atoms with E-state index >= 15 is 0 Å². The Morgan fingerprint density at radius 3 is 2.32 bits per heavy atom. The Morgan fingerprint density at radius 2 is 1.71 bits per heavy atom. The minimum atomic E-state index is -0.949. The highest BCUT2D eigenvalue weighted by atomic mass is 16.4. The number of carbonyl (C=O) groups is 3. The molecule has 10 heteroatoms. The average Bonchev–Trinajstić information content (AvgIpc) is 3.31. The molecule has 2 saturated heterocycles. The summed E-state index contributed by atoms with van der Waals surface area (Å²) in [7, 11) is 1.71. The number of carboxylic acid groups (broad SMARTS) is 1. The summed E-state index contributed by atoms with van der Waals surface area (Å²) in [6.45, 7) is 2.36. The molecule has 0 spiro atoms. The summed E-state index contributed by atoms with van der Waals surface area (Å²) in [6.07, 6.45) is 9.52. The number of nitrogens with two attached hydrogens (primary N) is 1. The largest absolute Gasteiger partial charge is 0.480 e. The Balaban J connectivity index is 1.58. The van der Waals surface area contributed by atoms with Crippen LogP contribution in [0.4, 0.5) is 0 Å². The van der Waals surface area contributed by atoms with Gasteiger partial charge in [0.2, 0.25) is 11.8 Å². The molecule has 2 atom stereocenters. The number of hydrogen-bond donors (Lipinski definition) is 4. The van der Waals surface area contributed by atoms with E-state index in [9.17, 15) is 19.5 Å². The van der Waals surface area contributed by atoms with Crippen LogP contribution in [0.2, 0.25) is 0 Å². The first kappa shape index (κ1) is 26.2. The fourth-order valence-corrected chi connectivity index (χ4v) is 5.77. The topological polar surface area (TPSA) is 143 Å². The van der Waals surface area contributed by atoms with Crippen LogP contribution in [0, 0.1) is 17.2 Å². The molecule has 192 valence electrons. The van der Waals surface area contributed by atoms with Crippen molar-refractivity contribution in [2.45, 2.75) is 76.3 Å². The molecule has 0 aromatic carbocycles. The predicted molar refractivity (Wildman–Crippen MR) is 129 cm³/mol. The van der Waals surface area contributed by atoms with E-state index in [0.29, 0.717) is 37.8 Å². The number of piperidine rings is 1. The van der Waals surface area contributed by atoms with Gasteiger partial charge >= 0.3 is 5.97 Å². The van der Waals surface area contributed by atoms with E-state index in [2.05, 4.69) is 5.32 Å². The van der Waals surface area contributed by atoms with Crippen molar-refractivity contribution in [3.63, 3.8) is 0 Å². The van der Waals surface area contributed by atoms with Gasteiger partial charge in [0.05, 0.1) is 12.6 Å². The van der Waals surface area contributed by atoms with Gasteiger partial charge in [-0.3, -0.25) is 24.7 Å². The normalized spacial score (nSPS) is 23.2. The van der Waals surface area contributed by atoms with E-state index in [4.69, 9.17) is 11.1 Å². The van der Waals surface area contributed by atoms with Crippen LogP contribution in [0.15, 0.2) is 0 Å². The zero-order chi connectivity index (χ0) is 24.7. The minimum absolute atomic E-state index is 0.0956. The van der Waals surface area contributed by atoms with Crippen molar-refractivity contribution in [2.24, 2.45) is 17.6 Å². The lowest BCUT2D eigenvalue weighted by atomic mass is 9.84. The van der Waals surface area contributed by atoms with E-state index in [1.165, 1.54) is 6.42 Å². The average molecular weight is 479 g/mol. The van der Waals surface area contributed by atoms with Gasteiger partial charge in [-0.2, -0.15) is 0 Å². The monoisotopic (exact) mass is 478 g/mol. The van der Waals surface area contributed by atoms with Crippen molar-refractivity contribution in [1.82, 2.24) is 20.0 Å². The molecule has 3 fully saturated rings.